The van der Waals surface area contributed by atoms with Gasteiger partial charge in [-0.2, -0.15) is 0 Å². The first kappa shape index (κ1) is 17.5. The van der Waals surface area contributed by atoms with Gasteiger partial charge in [-0.05, 0) is 24.3 Å². The number of amides is 2. The number of benzene rings is 1. The van der Waals surface area contributed by atoms with Crippen molar-refractivity contribution >= 4 is 23.2 Å². The molecule has 5 nitrogen and oxygen atoms in total. The van der Waals surface area contributed by atoms with E-state index >= 15 is 0 Å². The van der Waals surface area contributed by atoms with E-state index in [0.29, 0.717) is 13.1 Å². The van der Waals surface area contributed by atoms with Crippen LogP contribution in [0.3, 0.4) is 0 Å². The van der Waals surface area contributed by atoms with Gasteiger partial charge in [0.25, 0.3) is 0 Å². The lowest BCUT2D eigenvalue weighted by atomic mass is 10.2. The van der Waals surface area contributed by atoms with Crippen LogP contribution in [0.25, 0.3) is 0 Å². The summed E-state index contributed by atoms with van der Waals surface area (Å²) in [7, 11) is 1.72. The van der Waals surface area contributed by atoms with Crippen LogP contribution in [0, 0.1) is 0 Å². The molecule has 0 bridgehead atoms. The van der Waals surface area contributed by atoms with E-state index in [1.54, 1.807) is 29.0 Å². The molecule has 0 heterocycles. The normalized spacial score (nSPS) is 9.73. The average Bonchev–Trinajstić information content (AvgIpc) is 2.52. The molecule has 0 fully saturated rings. The Morgan fingerprint density at radius 1 is 1.14 bits per heavy atom. The van der Waals surface area contributed by atoms with Crippen molar-refractivity contribution < 1.29 is 9.59 Å². The third-order valence-electron chi connectivity index (χ3n) is 3.22. The summed E-state index contributed by atoms with van der Waals surface area (Å²) in [4.78, 5) is 26.6. The van der Waals surface area contributed by atoms with Gasteiger partial charge < -0.3 is 15.1 Å². The van der Waals surface area contributed by atoms with Gasteiger partial charge >= 0.3 is 0 Å². The van der Waals surface area contributed by atoms with Crippen molar-refractivity contribution in [2.45, 2.75) is 6.92 Å². The van der Waals surface area contributed by atoms with E-state index in [9.17, 15) is 9.59 Å². The zero-order valence-electron chi connectivity index (χ0n) is 13.2. The Kier molecular flexibility index (Phi) is 6.89. The second kappa shape index (κ2) is 8.67. The molecule has 0 spiro atoms. The number of rotatable bonds is 8. The quantitative estimate of drug-likeness (QED) is 0.750. The maximum absolute atomic E-state index is 12.1. The van der Waals surface area contributed by atoms with Crippen molar-refractivity contribution in [1.29, 1.82) is 0 Å². The largest absolute Gasteiger partial charge is 0.376 e. The molecular weight excluding hydrogens is 278 g/mol. The van der Waals surface area contributed by atoms with Gasteiger partial charge in [0.1, 0.15) is 0 Å². The molecule has 1 rings (SSSR count). The molecule has 0 aliphatic heterocycles. The Hall–Kier alpha value is -2.56. The van der Waals surface area contributed by atoms with Crippen LogP contribution in [-0.2, 0) is 9.59 Å². The number of nitrogens with zero attached hydrogens (tertiary/aromatic N) is 2. The molecule has 1 N–H and O–H groups in total. The number of hydrogen-bond donors (Lipinski definition) is 1. The lowest BCUT2D eigenvalue weighted by molar-refractivity contribution is -0.128. The minimum atomic E-state index is -0.0274. The molecule has 118 valence electrons. The highest BCUT2D eigenvalue weighted by Crippen LogP contribution is 2.16. The van der Waals surface area contributed by atoms with Crippen LogP contribution in [0.4, 0.5) is 11.4 Å². The van der Waals surface area contributed by atoms with Crippen LogP contribution in [0.1, 0.15) is 6.92 Å². The van der Waals surface area contributed by atoms with Crippen molar-refractivity contribution in [3.05, 3.63) is 49.6 Å². The van der Waals surface area contributed by atoms with Crippen molar-refractivity contribution in [3.8, 4) is 0 Å². The number of carbonyl (C=O) groups excluding carboxylic acids is 2. The molecule has 0 aliphatic carbocycles. The van der Waals surface area contributed by atoms with Crippen LogP contribution >= 0.6 is 0 Å². The lowest BCUT2D eigenvalue weighted by Crippen LogP contribution is -2.35. The number of hydrogen-bond acceptors (Lipinski definition) is 3. The van der Waals surface area contributed by atoms with E-state index in [2.05, 4.69) is 18.5 Å². The summed E-state index contributed by atoms with van der Waals surface area (Å²) < 4.78 is 0. The van der Waals surface area contributed by atoms with E-state index < -0.39 is 0 Å². The van der Waals surface area contributed by atoms with Crippen molar-refractivity contribution in [3.63, 3.8) is 0 Å². The fraction of sp³-hybridized carbons (Fsp3) is 0.294. The summed E-state index contributed by atoms with van der Waals surface area (Å²) in [5, 5.41) is 3.07. The molecule has 5 heteroatoms. The Morgan fingerprint density at radius 3 is 2.14 bits per heavy atom. The van der Waals surface area contributed by atoms with Gasteiger partial charge in [0, 0.05) is 38.4 Å². The SMILES string of the molecule is C=CCN(CC=C)C(=O)CNc1ccc(N(C)C(C)=O)cc1. The van der Waals surface area contributed by atoms with Gasteiger partial charge in [-0.1, -0.05) is 12.2 Å². The first-order valence-electron chi connectivity index (χ1n) is 7.07. The molecule has 0 aromatic heterocycles. The fourth-order valence-corrected chi connectivity index (χ4v) is 1.86. The van der Waals surface area contributed by atoms with Crippen LogP contribution in [0.5, 0.6) is 0 Å². The summed E-state index contributed by atoms with van der Waals surface area (Å²) in [5.41, 5.74) is 1.63. The zero-order chi connectivity index (χ0) is 16.5. The van der Waals surface area contributed by atoms with E-state index in [1.807, 2.05) is 24.3 Å². The Labute approximate surface area is 131 Å². The van der Waals surface area contributed by atoms with E-state index in [4.69, 9.17) is 0 Å². The molecule has 0 saturated carbocycles. The molecule has 0 unspecified atom stereocenters. The Bertz CT molecular complexity index is 527. The van der Waals surface area contributed by atoms with Crippen LogP contribution < -0.4 is 10.2 Å². The maximum atomic E-state index is 12.1. The Morgan fingerprint density at radius 2 is 1.68 bits per heavy atom. The smallest absolute Gasteiger partial charge is 0.242 e. The van der Waals surface area contributed by atoms with Gasteiger partial charge in [0.2, 0.25) is 11.8 Å². The minimum absolute atomic E-state index is 0.0234. The average molecular weight is 301 g/mol. The number of anilines is 2. The molecule has 0 aliphatic rings. The Balaban J connectivity index is 2.60. The molecule has 2 amide bonds. The lowest BCUT2D eigenvalue weighted by Gasteiger charge is -2.20. The van der Waals surface area contributed by atoms with Crippen molar-refractivity contribution in [2.75, 3.05) is 36.9 Å². The third kappa shape index (κ3) is 5.09. The van der Waals surface area contributed by atoms with E-state index in [0.717, 1.165) is 11.4 Å². The van der Waals surface area contributed by atoms with E-state index in [1.165, 1.54) is 6.92 Å². The minimum Gasteiger partial charge on any atom is -0.376 e. The molecule has 1 aromatic rings. The van der Waals surface area contributed by atoms with Crippen LogP contribution in [0.2, 0.25) is 0 Å². The first-order valence-corrected chi connectivity index (χ1v) is 7.07. The number of nitrogens with one attached hydrogen (secondary N) is 1. The molecular formula is C17H23N3O2. The predicted octanol–water partition coefficient (Wildman–Crippen LogP) is 2.28. The maximum Gasteiger partial charge on any atom is 0.242 e. The standard InChI is InChI=1S/C17H23N3O2/c1-5-11-20(12-6-2)17(22)13-18-15-7-9-16(10-8-15)19(4)14(3)21/h5-10,18H,1-2,11-13H2,3-4H3. The summed E-state index contributed by atoms with van der Waals surface area (Å²) >= 11 is 0. The highest BCUT2D eigenvalue weighted by molar-refractivity contribution is 5.91. The third-order valence-corrected chi connectivity index (χ3v) is 3.22. The summed E-state index contributed by atoms with van der Waals surface area (Å²) in [6.07, 6.45) is 3.38. The van der Waals surface area contributed by atoms with E-state index in [-0.39, 0.29) is 18.4 Å². The van der Waals surface area contributed by atoms with Crippen LogP contribution in [0.15, 0.2) is 49.6 Å². The molecule has 0 saturated heterocycles. The fourth-order valence-electron chi connectivity index (χ4n) is 1.86. The highest BCUT2D eigenvalue weighted by atomic mass is 16.2. The van der Waals surface area contributed by atoms with Crippen LogP contribution in [-0.4, -0.2) is 43.4 Å². The monoisotopic (exact) mass is 301 g/mol. The summed E-state index contributed by atoms with van der Waals surface area (Å²) in [5.74, 6) is -0.0508. The summed E-state index contributed by atoms with van der Waals surface area (Å²) in [6, 6.07) is 7.35. The van der Waals surface area contributed by atoms with Gasteiger partial charge in [0.05, 0.1) is 6.54 Å². The second-order valence-corrected chi connectivity index (χ2v) is 4.85. The molecule has 0 atom stereocenters. The molecule has 1 aromatic carbocycles. The van der Waals surface area contributed by atoms with Crippen molar-refractivity contribution in [2.24, 2.45) is 0 Å². The molecule has 0 radical (unpaired) electrons. The van der Waals surface area contributed by atoms with Gasteiger partial charge in [-0.25, -0.2) is 0 Å². The van der Waals surface area contributed by atoms with Gasteiger partial charge in [-0.3, -0.25) is 9.59 Å². The molecule has 22 heavy (non-hydrogen) atoms. The first-order chi connectivity index (χ1) is 10.5. The predicted molar refractivity (Wildman–Crippen MR) is 91.0 cm³/mol. The van der Waals surface area contributed by atoms with Gasteiger partial charge in [-0.15, -0.1) is 13.2 Å². The second-order valence-electron chi connectivity index (χ2n) is 4.85. The summed E-state index contributed by atoms with van der Waals surface area (Å²) in [6.45, 7) is 9.99. The topological polar surface area (TPSA) is 52.7 Å². The van der Waals surface area contributed by atoms with Gasteiger partial charge in [0.15, 0.2) is 0 Å². The van der Waals surface area contributed by atoms with Crippen molar-refractivity contribution in [1.82, 2.24) is 4.90 Å². The number of carbonyl (C=O) groups is 2. The zero-order valence-corrected chi connectivity index (χ0v) is 13.2. The highest BCUT2D eigenvalue weighted by Gasteiger charge is 2.10.